The molecular formula is C21H19N. The second-order valence-corrected chi connectivity index (χ2v) is 5.77. The maximum absolute atomic E-state index is 2.38. The van der Waals surface area contributed by atoms with Gasteiger partial charge in [-0.1, -0.05) is 48.5 Å². The number of fused-ring (bicyclic) bond motifs is 1. The smallest absolute Gasteiger partial charge is 0.0496 e. The summed E-state index contributed by atoms with van der Waals surface area (Å²) in [4.78, 5) is 2.38. The molecule has 4 rings (SSSR count). The summed E-state index contributed by atoms with van der Waals surface area (Å²) in [5.74, 6) is 0. The number of benzene rings is 3. The average Bonchev–Trinajstić information content (AvgIpc) is 3.07. The molecule has 3 aromatic rings. The molecule has 1 aliphatic rings. The van der Waals surface area contributed by atoms with E-state index < -0.39 is 0 Å². The van der Waals surface area contributed by atoms with Crippen LogP contribution < -0.4 is 4.90 Å². The number of aryl methyl sites for hydroxylation is 1. The van der Waals surface area contributed by atoms with Crippen LogP contribution in [-0.4, -0.2) is 0 Å². The SMILES string of the molecule is c1ccc(N(c2ccccc2)c2cccc3c2CCC3)cc1. The zero-order valence-corrected chi connectivity index (χ0v) is 12.6. The molecule has 1 nitrogen and oxygen atoms in total. The molecule has 0 spiro atoms. The first-order valence-electron chi connectivity index (χ1n) is 7.94. The van der Waals surface area contributed by atoms with E-state index >= 15 is 0 Å². The summed E-state index contributed by atoms with van der Waals surface area (Å²) in [6.07, 6.45) is 3.66. The first kappa shape index (κ1) is 13.1. The van der Waals surface area contributed by atoms with Crippen LogP contribution in [0.5, 0.6) is 0 Å². The summed E-state index contributed by atoms with van der Waals surface area (Å²) in [5, 5.41) is 0. The van der Waals surface area contributed by atoms with Crippen LogP contribution in [0.15, 0.2) is 78.9 Å². The van der Waals surface area contributed by atoms with Gasteiger partial charge in [0.1, 0.15) is 0 Å². The summed E-state index contributed by atoms with van der Waals surface area (Å²) >= 11 is 0. The van der Waals surface area contributed by atoms with Gasteiger partial charge in [0.2, 0.25) is 0 Å². The van der Waals surface area contributed by atoms with Crippen molar-refractivity contribution in [2.75, 3.05) is 4.90 Å². The Balaban J connectivity index is 1.91. The lowest BCUT2D eigenvalue weighted by Gasteiger charge is -2.27. The van der Waals surface area contributed by atoms with Crippen LogP contribution in [0, 0.1) is 0 Å². The van der Waals surface area contributed by atoms with E-state index in [0.717, 1.165) is 0 Å². The van der Waals surface area contributed by atoms with Gasteiger partial charge in [-0.3, -0.25) is 0 Å². The van der Waals surface area contributed by atoms with Crippen LogP contribution in [0.3, 0.4) is 0 Å². The Labute approximate surface area is 131 Å². The molecule has 0 atom stereocenters. The molecule has 3 aromatic carbocycles. The molecule has 0 unspecified atom stereocenters. The minimum absolute atomic E-state index is 1.18. The third-order valence-corrected chi connectivity index (χ3v) is 4.39. The van der Waals surface area contributed by atoms with E-state index in [1.54, 1.807) is 0 Å². The summed E-state index contributed by atoms with van der Waals surface area (Å²) in [5.41, 5.74) is 6.78. The highest BCUT2D eigenvalue weighted by Crippen LogP contribution is 2.39. The minimum Gasteiger partial charge on any atom is -0.310 e. The predicted octanol–water partition coefficient (Wildman–Crippen LogP) is 5.65. The van der Waals surface area contributed by atoms with Crippen LogP contribution in [0.25, 0.3) is 0 Å². The molecule has 22 heavy (non-hydrogen) atoms. The minimum atomic E-state index is 1.18. The molecule has 0 amide bonds. The molecule has 0 fully saturated rings. The second-order valence-electron chi connectivity index (χ2n) is 5.77. The van der Waals surface area contributed by atoms with Crippen LogP contribution in [0.2, 0.25) is 0 Å². The molecule has 0 saturated heterocycles. The van der Waals surface area contributed by atoms with Crippen LogP contribution in [-0.2, 0) is 12.8 Å². The molecule has 0 bridgehead atoms. The van der Waals surface area contributed by atoms with Gasteiger partial charge >= 0.3 is 0 Å². The van der Waals surface area contributed by atoms with Gasteiger partial charge in [0.15, 0.2) is 0 Å². The molecule has 0 heterocycles. The van der Waals surface area contributed by atoms with E-state index in [4.69, 9.17) is 0 Å². The molecule has 1 aliphatic carbocycles. The van der Waals surface area contributed by atoms with Crippen molar-refractivity contribution in [2.24, 2.45) is 0 Å². The standard InChI is InChI=1S/C21H19N/c1-3-11-18(12-4-1)22(19-13-5-2-6-14-19)21-16-8-10-17-9-7-15-20(17)21/h1-6,8,10-14,16H,7,9,15H2. The largest absolute Gasteiger partial charge is 0.310 e. The lowest BCUT2D eigenvalue weighted by molar-refractivity contribution is 0.911. The van der Waals surface area contributed by atoms with E-state index in [2.05, 4.69) is 83.8 Å². The highest BCUT2D eigenvalue weighted by Gasteiger charge is 2.20. The third-order valence-electron chi connectivity index (χ3n) is 4.39. The normalized spacial score (nSPS) is 12.9. The maximum Gasteiger partial charge on any atom is 0.0496 e. The van der Waals surface area contributed by atoms with Crippen LogP contribution >= 0.6 is 0 Å². The molecule has 0 N–H and O–H groups in total. The monoisotopic (exact) mass is 285 g/mol. The van der Waals surface area contributed by atoms with Crippen molar-refractivity contribution in [3.63, 3.8) is 0 Å². The fourth-order valence-electron chi connectivity index (χ4n) is 3.39. The van der Waals surface area contributed by atoms with Crippen LogP contribution in [0.1, 0.15) is 17.5 Å². The lowest BCUT2D eigenvalue weighted by Crippen LogP contribution is -2.11. The number of hydrogen-bond donors (Lipinski definition) is 0. The third kappa shape index (κ3) is 2.29. The number of nitrogens with zero attached hydrogens (tertiary/aromatic N) is 1. The number of rotatable bonds is 3. The fraction of sp³-hybridized carbons (Fsp3) is 0.143. The van der Waals surface area contributed by atoms with Crippen molar-refractivity contribution in [3.8, 4) is 0 Å². The molecule has 0 aliphatic heterocycles. The Morgan fingerprint density at radius 2 is 1.23 bits per heavy atom. The van der Waals surface area contributed by atoms with Crippen molar-refractivity contribution in [1.29, 1.82) is 0 Å². The van der Waals surface area contributed by atoms with Crippen molar-refractivity contribution in [3.05, 3.63) is 90.0 Å². The number of hydrogen-bond acceptors (Lipinski definition) is 1. The van der Waals surface area contributed by atoms with E-state index in [1.165, 1.54) is 47.5 Å². The molecule has 0 saturated carbocycles. The van der Waals surface area contributed by atoms with Crippen LogP contribution in [0.4, 0.5) is 17.1 Å². The van der Waals surface area contributed by atoms with Crippen molar-refractivity contribution >= 4 is 17.1 Å². The van der Waals surface area contributed by atoms with Crippen molar-refractivity contribution in [1.82, 2.24) is 0 Å². The highest BCUT2D eigenvalue weighted by molar-refractivity contribution is 5.79. The summed E-state index contributed by atoms with van der Waals surface area (Å²) in [7, 11) is 0. The van der Waals surface area contributed by atoms with Gasteiger partial charge in [-0.15, -0.1) is 0 Å². The van der Waals surface area contributed by atoms with Gasteiger partial charge in [0.25, 0.3) is 0 Å². The van der Waals surface area contributed by atoms with Crippen molar-refractivity contribution < 1.29 is 0 Å². The lowest BCUT2D eigenvalue weighted by atomic mass is 10.1. The zero-order valence-electron chi connectivity index (χ0n) is 12.6. The Hall–Kier alpha value is -2.54. The maximum atomic E-state index is 2.38. The van der Waals surface area contributed by atoms with Gasteiger partial charge in [0.05, 0.1) is 0 Å². The average molecular weight is 285 g/mol. The summed E-state index contributed by atoms with van der Waals surface area (Å²) in [6.45, 7) is 0. The van der Waals surface area contributed by atoms with Gasteiger partial charge < -0.3 is 4.90 Å². The van der Waals surface area contributed by atoms with Crippen molar-refractivity contribution in [2.45, 2.75) is 19.3 Å². The molecule has 108 valence electrons. The predicted molar refractivity (Wildman–Crippen MR) is 93.2 cm³/mol. The molecule has 1 heteroatoms. The van der Waals surface area contributed by atoms with Gasteiger partial charge in [0, 0.05) is 17.1 Å². The molecular weight excluding hydrogens is 266 g/mol. The van der Waals surface area contributed by atoms with Gasteiger partial charge in [-0.05, 0) is 60.7 Å². The number of anilines is 3. The first-order chi connectivity index (χ1) is 10.9. The van der Waals surface area contributed by atoms with E-state index in [1.807, 2.05) is 0 Å². The van der Waals surface area contributed by atoms with E-state index in [9.17, 15) is 0 Å². The Morgan fingerprint density at radius 1 is 0.591 bits per heavy atom. The molecule has 0 aromatic heterocycles. The first-order valence-corrected chi connectivity index (χ1v) is 7.94. The Kier molecular flexibility index (Phi) is 3.40. The quantitative estimate of drug-likeness (QED) is 0.601. The number of para-hydroxylation sites is 2. The summed E-state index contributed by atoms with van der Waals surface area (Å²) < 4.78 is 0. The topological polar surface area (TPSA) is 3.24 Å². The summed E-state index contributed by atoms with van der Waals surface area (Å²) in [6, 6.07) is 28.0. The molecule has 0 radical (unpaired) electrons. The fourth-order valence-corrected chi connectivity index (χ4v) is 3.39. The van der Waals surface area contributed by atoms with Gasteiger partial charge in [-0.25, -0.2) is 0 Å². The van der Waals surface area contributed by atoms with Gasteiger partial charge in [-0.2, -0.15) is 0 Å². The highest BCUT2D eigenvalue weighted by atomic mass is 15.1. The van der Waals surface area contributed by atoms with E-state index in [-0.39, 0.29) is 0 Å². The van der Waals surface area contributed by atoms with E-state index in [0.29, 0.717) is 0 Å². The Bertz CT molecular complexity index is 723. The Morgan fingerprint density at radius 3 is 1.86 bits per heavy atom. The second kappa shape index (κ2) is 5.69. The zero-order chi connectivity index (χ0) is 14.8.